The molecule has 0 bridgehead atoms. The molecule has 5 nitrogen and oxygen atoms in total. The van der Waals surface area contributed by atoms with Crippen molar-refractivity contribution in [3.63, 3.8) is 0 Å². The number of aliphatic imine (C=N–C) groups is 1. The van der Waals surface area contributed by atoms with E-state index in [-0.39, 0.29) is 29.6 Å². The van der Waals surface area contributed by atoms with E-state index in [4.69, 9.17) is 9.73 Å². The van der Waals surface area contributed by atoms with Crippen molar-refractivity contribution in [1.29, 1.82) is 0 Å². The maximum atomic E-state index is 5.81. The maximum absolute atomic E-state index is 5.81. The number of benzene rings is 1. The summed E-state index contributed by atoms with van der Waals surface area (Å²) < 4.78 is 5.81. The number of ether oxygens (including phenoxy) is 1. The van der Waals surface area contributed by atoms with Crippen molar-refractivity contribution in [2.45, 2.75) is 38.8 Å². The molecule has 0 amide bonds. The fraction of sp³-hybridized carbons (Fsp3) is 0.632. The minimum atomic E-state index is -0.0908. The Kier molecular flexibility index (Phi) is 10.4. The summed E-state index contributed by atoms with van der Waals surface area (Å²) >= 11 is 0. The highest BCUT2D eigenvalue weighted by molar-refractivity contribution is 14.0. The predicted molar refractivity (Wildman–Crippen MR) is 116 cm³/mol. The van der Waals surface area contributed by atoms with Crippen molar-refractivity contribution >= 4 is 29.9 Å². The Bertz CT molecular complexity index is 503. The monoisotopic (exact) mass is 460 g/mol. The van der Waals surface area contributed by atoms with Crippen LogP contribution < -0.4 is 10.6 Å². The second kappa shape index (κ2) is 11.7. The van der Waals surface area contributed by atoms with Crippen molar-refractivity contribution in [3.05, 3.63) is 35.9 Å². The Labute approximate surface area is 169 Å². The third kappa shape index (κ3) is 8.37. The Hall–Kier alpha value is -0.860. The molecule has 1 saturated heterocycles. The second-order valence-corrected chi connectivity index (χ2v) is 6.75. The molecule has 1 aliphatic rings. The quantitative estimate of drug-likeness (QED) is 0.356. The summed E-state index contributed by atoms with van der Waals surface area (Å²) in [6.45, 7) is 9.47. The lowest BCUT2D eigenvalue weighted by atomic mass is 10.0. The minimum Gasteiger partial charge on any atom is -0.373 e. The Balaban J connectivity index is 0.00000312. The van der Waals surface area contributed by atoms with Gasteiger partial charge in [-0.3, -0.25) is 4.99 Å². The first-order chi connectivity index (χ1) is 11.6. The summed E-state index contributed by atoms with van der Waals surface area (Å²) in [5.41, 5.74) is 1.25. The van der Waals surface area contributed by atoms with E-state index in [0.29, 0.717) is 6.54 Å². The van der Waals surface area contributed by atoms with Crippen LogP contribution in [0, 0.1) is 0 Å². The molecule has 0 aliphatic carbocycles. The molecule has 2 N–H and O–H groups in total. The molecule has 1 aromatic rings. The molecule has 1 fully saturated rings. The largest absolute Gasteiger partial charge is 0.373 e. The molecule has 25 heavy (non-hydrogen) atoms. The lowest BCUT2D eigenvalue weighted by Gasteiger charge is -2.22. The van der Waals surface area contributed by atoms with Gasteiger partial charge in [-0.25, -0.2) is 0 Å². The molecule has 1 heterocycles. The number of nitrogens with one attached hydrogen (secondary N) is 2. The van der Waals surface area contributed by atoms with Gasteiger partial charge in [0, 0.05) is 32.8 Å². The fourth-order valence-electron chi connectivity index (χ4n) is 2.89. The van der Waals surface area contributed by atoms with Gasteiger partial charge in [0.25, 0.3) is 0 Å². The van der Waals surface area contributed by atoms with E-state index in [1.807, 2.05) is 0 Å². The van der Waals surface area contributed by atoms with Crippen molar-refractivity contribution in [3.8, 4) is 0 Å². The number of guanidine groups is 1. The highest BCUT2D eigenvalue weighted by atomic mass is 127. The second-order valence-electron chi connectivity index (χ2n) is 6.75. The maximum Gasteiger partial charge on any atom is 0.191 e. The highest BCUT2D eigenvalue weighted by Crippen LogP contribution is 2.24. The molecule has 0 saturated carbocycles. The molecule has 0 spiro atoms. The lowest BCUT2D eigenvalue weighted by Crippen LogP contribution is -2.42. The van der Waals surface area contributed by atoms with Gasteiger partial charge < -0.3 is 20.3 Å². The van der Waals surface area contributed by atoms with E-state index >= 15 is 0 Å². The number of likely N-dealkylation sites (N-methyl/N-ethyl adjacent to an activating group) is 1. The molecule has 1 atom stereocenters. The normalized spacial score (nSPS) is 20.4. The van der Waals surface area contributed by atoms with Crippen LogP contribution in [0.15, 0.2) is 35.3 Å². The van der Waals surface area contributed by atoms with Gasteiger partial charge in [-0.1, -0.05) is 30.3 Å². The molecular formula is C19H33IN4O. The first-order valence-electron chi connectivity index (χ1n) is 9.00. The van der Waals surface area contributed by atoms with Gasteiger partial charge in [-0.15, -0.1) is 24.0 Å². The van der Waals surface area contributed by atoms with Gasteiger partial charge >= 0.3 is 0 Å². The Morgan fingerprint density at radius 2 is 2.04 bits per heavy atom. The average Bonchev–Trinajstić information content (AvgIpc) is 3.01. The molecule has 1 aromatic carbocycles. The third-order valence-corrected chi connectivity index (χ3v) is 4.30. The van der Waals surface area contributed by atoms with Crippen LogP contribution in [0.25, 0.3) is 0 Å². The topological polar surface area (TPSA) is 48.9 Å². The average molecular weight is 460 g/mol. The summed E-state index contributed by atoms with van der Waals surface area (Å²) in [7, 11) is 2.14. The van der Waals surface area contributed by atoms with Crippen LogP contribution in [0.5, 0.6) is 0 Å². The highest BCUT2D eigenvalue weighted by Gasteiger charge is 2.29. The first-order valence-corrected chi connectivity index (χ1v) is 9.00. The van der Waals surface area contributed by atoms with Crippen LogP contribution >= 0.6 is 24.0 Å². The summed E-state index contributed by atoms with van der Waals surface area (Å²) in [4.78, 5) is 7.01. The van der Waals surface area contributed by atoms with Gasteiger partial charge in [0.2, 0.25) is 0 Å². The molecule has 142 valence electrons. The molecule has 1 aliphatic heterocycles. The van der Waals surface area contributed by atoms with Crippen molar-refractivity contribution in [2.75, 3.05) is 39.8 Å². The zero-order valence-electron chi connectivity index (χ0n) is 15.8. The number of rotatable bonds is 8. The van der Waals surface area contributed by atoms with E-state index in [0.717, 1.165) is 51.6 Å². The molecule has 6 heteroatoms. The van der Waals surface area contributed by atoms with E-state index in [9.17, 15) is 0 Å². The number of halogens is 1. The van der Waals surface area contributed by atoms with E-state index in [1.54, 1.807) is 0 Å². The standard InChI is InChI=1S/C19H32N4O.HI/c1-4-20-18(22-16-19(2)11-8-14-24-19)21-12-13-23(3)15-17-9-6-5-7-10-17;/h5-7,9-10H,4,8,11-16H2,1-3H3,(H2,20,21,22);1H. The summed E-state index contributed by atoms with van der Waals surface area (Å²) in [6, 6.07) is 10.6. The van der Waals surface area contributed by atoms with E-state index < -0.39 is 0 Å². The first kappa shape index (κ1) is 22.2. The lowest BCUT2D eigenvalue weighted by molar-refractivity contribution is 0.0283. The summed E-state index contributed by atoms with van der Waals surface area (Å²) in [6.07, 6.45) is 2.23. The molecule has 0 radical (unpaired) electrons. The molecule has 1 unspecified atom stereocenters. The summed E-state index contributed by atoms with van der Waals surface area (Å²) in [5.74, 6) is 0.877. The van der Waals surface area contributed by atoms with Crippen LogP contribution in [0.2, 0.25) is 0 Å². The van der Waals surface area contributed by atoms with Gasteiger partial charge in [0.1, 0.15) is 0 Å². The summed E-state index contributed by atoms with van der Waals surface area (Å²) in [5, 5.41) is 6.73. The predicted octanol–water partition coefficient (Wildman–Crippen LogP) is 2.86. The molecular weight excluding hydrogens is 427 g/mol. The zero-order valence-corrected chi connectivity index (χ0v) is 18.1. The number of hydrogen-bond acceptors (Lipinski definition) is 3. The molecule has 0 aromatic heterocycles. The van der Waals surface area contributed by atoms with Crippen LogP contribution in [0.4, 0.5) is 0 Å². The SMILES string of the molecule is CCNC(=NCC1(C)CCCO1)NCCN(C)Cc1ccccc1.I. The van der Waals surface area contributed by atoms with Gasteiger partial charge in [0.15, 0.2) is 5.96 Å². The van der Waals surface area contributed by atoms with Crippen LogP contribution in [-0.2, 0) is 11.3 Å². The van der Waals surface area contributed by atoms with Crippen LogP contribution in [0.1, 0.15) is 32.3 Å². The zero-order chi connectivity index (χ0) is 17.3. The van der Waals surface area contributed by atoms with Gasteiger partial charge in [-0.05, 0) is 39.3 Å². The van der Waals surface area contributed by atoms with Crippen LogP contribution in [0.3, 0.4) is 0 Å². The number of nitrogens with zero attached hydrogens (tertiary/aromatic N) is 2. The van der Waals surface area contributed by atoms with E-state index in [2.05, 4.69) is 66.8 Å². The third-order valence-electron chi connectivity index (χ3n) is 4.30. The van der Waals surface area contributed by atoms with Crippen molar-refractivity contribution in [1.82, 2.24) is 15.5 Å². The van der Waals surface area contributed by atoms with Crippen LogP contribution in [-0.4, -0.2) is 56.3 Å². The Morgan fingerprint density at radius 1 is 1.28 bits per heavy atom. The van der Waals surface area contributed by atoms with Gasteiger partial charge in [0.05, 0.1) is 12.1 Å². The fourth-order valence-corrected chi connectivity index (χ4v) is 2.89. The minimum absolute atomic E-state index is 0. The van der Waals surface area contributed by atoms with Crippen molar-refractivity contribution in [2.24, 2.45) is 4.99 Å². The number of hydrogen-bond donors (Lipinski definition) is 2. The smallest absolute Gasteiger partial charge is 0.191 e. The molecule has 2 rings (SSSR count). The van der Waals surface area contributed by atoms with E-state index in [1.165, 1.54) is 5.56 Å². The van der Waals surface area contributed by atoms with Gasteiger partial charge in [-0.2, -0.15) is 0 Å². The van der Waals surface area contributed by atoms with Crippen molar-refractivity contribution < 1.29 is 4.74 Å². The Morgan fingerprint density at radius 3 is 2.68 bits per heavy atom.